The summed E-state index contributed by atoms with van der Waals surface area (Å²) in [5.74, 6) is -0.836. The molecule has 8 heteroatoms. The number of ether oxygens (including phenoxy) is 1. The molecule has 0 aromatic carbocycles. The van der Waals surface area contributed by atoms with Crippen LogP contribution in [0.5, 0.6) is 0 Å². The number of carbonyl (C=O) groups is 2. The predicted octanol–water partition coefficient (Wildman–Crippen LogP) is 0.264. The van der Waals surface area contributed by atoms with Crippen molar-refractivity contribution in [2.24, 2.45) is 4.99 Å². The van der Waals surface area contributed by atoms with Gasteiger partial charge in [0, 0.05) is 31.9 Å². The predicted molar refractivity (Wildman–Crippen MR) is 80.7 cm³/mol. The van der Waals surface area contributed by atoms with E-state index in [4.69, 9.17) is 5.26 Å². The lowest BCUT2D eigenvalue weighted by Crippen LogP contribution is -2.41. The third-order valence-corrected chi connectivity index (χ3v) is 3.64. The van der Waals surface area contributed by atoms with Gasteiger partial charge in [-0.05, 0) is 6.42 Å². The highest BCUT2D eigenvalue weighted by atomic mass is 16.5. The van der Waals surface area contributed by atoms with E-state index >= 15 is 0 Å². The number of dihydropyridines is 1. The van der Waals surface area contributed by atoms with Crippen molar-refractivity contribution >= 4 is 23.8 Å². The van der Waals surface area contributed by atoms with Crippen LogP contribution >= 0.6 is 0 Å². The molecule has 8 nitrogen and oxygen atoms in total. The molecule has 3 heterocycles. The van der Waals surface area contributed by atoms with Gasteiger partial charge in [0.15, 0.2) is 6.61 Å². The number of aliphatic imine (C=N–C) groups is 1. The van der Waals surface area contributed by atoms with E-state index in [9.17, 15) is 9.59 Å². The van der Waals surface area contributed by atoms with Crippen molar-refractivity contribution in [3.63, 3.8) is 0 Å². The molecule has 0 spiro atoms. The molecule has 0 bridgehead atoms. The number of nitrogens with zero attached hydrogens (tertiary/aromatic N) is 5. The Morgan fingerprint density at radius 3 is 3.09 bits per heavy atom. The van der Waals surface area contributed by atoms with Crippen LogP contribution in [-0.4, -0.2) is 59.0 Å². The van der Waals surface area contributed by atoms with Crippen LogP contribution < -0.4 is 0 Å². The first-order valence-corrected chi connectivity index (χ1v) is 7.30. The minimum Gasteiger partial charge on any atom is -0.449 e. The number of nitriles is 1. The molecule has 0 saturated carbocycles. The molecule has 23 heavy (non-hydrogen) atoms. The second-order valence-corrected chi connectivity index (χ2v) is 5.18. The number of amides is 1. The average molecular weight is 313 g/mol. The highest BCUT2D eigenvalue weighted by Gasteiger charge is 2.29. The summed E-state index contributed by atoms with van der Waals surface area (Å²) in [6, 6.07) is 1.72. The normalized spacial score (nSPS) is 16.6. The largest absolute Gasteiger partial charge is 0.449 e. The van der Waals surface area contributed by atoms with E-state index in [1.54, 1.807) is 23.2 Å². The first-order valence-electron chi connectivity index (χ1n) is 7.30. The molecule has 3 rings (SSSR count). The van der Waals surface area contributed by atoms with E-state index in [0.29, 0.717) is 18.5 Å². The SMILES string of the molecule is N#CCOC(=O)CN1CCc2nn(C3=CCCN=C3)cc2C1=O. The Balaban J connectivity index is 1.74. The van der Waals surface area contributed by atoms with Crippen LogP contribution in [0, 0.1) is 11.3 Å². The van der Waals surface area contributed by atoms with Gasteiger partial charge in [-0.2, -0.15) is 10.4 Å². The maximum atomic E-state index is 12.5. The average Bonchev–Trinajstić information content (AvgIpc) is 3.01. The highest BCUT2D eigenvalue weighted by Crippen LogP contribution is 2.20. The molecule has 2 aliphatic heterocycles. The lowest BCUT2D eigenvalue weighted by Gasteiger charge is -2.24. The molecular weight excluding hydrogens is 298 g/mol. The summed E-state index contributed by atoms with van der Waals surface area (Å²) < 4.78 is 6.34. The zero-order valence-corrected chi connectivity index (χ0v) is 12.4. The molecule has 0 saturated heterocycles. The Bertz CT molecular complexity index is 741. The highest BCUT2D eigenvalue weighted by molar-refractivity contribution is 6.03. The number of allylic oxidation sites excluding steroid dienone is 1. The molecule has 1 aromatic heterocycles. The monoisotopic (exact) mass is 313 g/mol. The van der Waals surface area contributed by atoms with Crippen LogP contribution in [0.4, 0.5) is 0 Å². The van der Waals surface area contributed by atoms with Crippen molar-refractivity contribution in [1.29, 1.82) is 5.26 Å². The summed E-state index contributed by atoms with van der Waals surface area (Å²) in [6.45, 7) is 0.701. The van der Waals surface area contributed by atoms with Gasteiger partial charge in [-0.1, -0.05) is 6.08 Å². The lowest BCUT2D eigenvalue weighted by atomic mass is 10.1. The summed E-state index contributed by atoms with van der Waals surface area (Å²) >= 11 is 0. The number of hydrogen-bond acceptors (Lipinski definition) is 6. The standard InChI is InChI=1S/C15H15N5O3/c16-4-7-23-14(21)10-19-6-3-13-12(15(19)22)9-20(18-13)11-2-1-5-17-8-11/h2,8-9H,1,3,5-7,10H2. The maximum Gasteiger partial charge on any atom is 0.326 e. The van der Waals surface area contributed by atoms with E-state index in [1.165, 1.54) is 4.90 Å². The Morgan fingerprint density at radius 1 is 1.48 bits per heavy atom. The number of fused-ring (bicyclic) bond motifs is 1. The molecule has 1 amide bonds. The van der Waals surface area contributed by atoms with Crippen LogP contribution in [0.1, 0.15) is 22.5 Å². The molecule has 0 aliphatic carbocycles. The van der Waals surface area contributed by atoms with Crippen molar-refractivity contribution in [3.05, 3.63) is 23.5 Å². The smallest absolute Gasteiger partial charge is 0.326 e. The van der Waals surface area contributed by atoms with Crippen molar-refractivity contribution in [3.8, 4) is 6.07 Å². The molecule has 0 fully saturated rings. The molecule has 0 N–H and O–H groups in total. The minimum absolute atomic E-state index is 0.157. The molecule has 118 valence electrons. The number of rotatable bonds is 4. The van der Waals surface area contributed by atoms with E-state index in [0.717, 1.165) is 24.4 Å². The van der Waals surface area contributed by atoms with E-state index in [1.807, 2.05) is 6.08 Å². The van der Waals surface area contributed by atoms with Gasteiger partial charge in [-0.25, -0.2) is 4.68 Å². The summed E-state index contributed by atoms with van der Waals surface area (Å²) in [7, 11) is 0. The zero-order valence-electron chi connectivity index (χ0n) is 12.4. The van der Waals surface area contributed by atoms with E-state index in [2.05, 4.69) is 14.8 Å². The third kappa shape index (κ3) is 3.13. The quantitative estimate of drug-likeness (QED) is 0.742. The third-order valence-electron chi connectivity index (χ3n) is 3.64. The van der Waals surface area contributed by atoms with Crippen molar-refractivity contribution in [1.82, 2.24) is 14.7 Å². The molecule has 2 aliphatic rings. The number of aromatic nitrogens is 2. The minimum atomic E-state index is -0.585. The first kappa shape index (κ1) is 15.0. The molecule has 0 radical (unpaired) electrons. The summed E-state index contributed by atoms with van der Waals surface area (Å²) in [5.41, 5.74) is 2.05. The topological polar surface area (TPSA) is 101 Å². The van der Waals surface area contributed by atoms with Gasteiger partial charge in [0.1, 0.15) is 12.6 Å². The van der Waals surface area contributed by atoms with Crippen molar-refractivity contribution < 1.29 is 14.3 Å². The number of carbonyl (C=O) groups excluding carboxylic acids is 2. The van der Waals surface area contributed by atoms with Gasteiger partial charge in [-0.15, -0.1) is 0 Å². The van der Waals surface area contributed by atoms with Crippen molar-refractivity contribution in [2.75, 3.05) is 26.2 Å². The van der Waals surface area contributed by atoms with Crippen LogP contribution in [-0.2, 0) is 16.0 Å². The maximum absolute atomic E-state index is 12.5. The van der Waals surface area contributed by atoms with Gasteiger partial charge in [0.25, 0.3) is 5.91 Å². The second kappa shape index (κ2) is 6.44. The van der Waals surface area contributed by atoms with Crippen LogP contribution in [0.2, 0.25) is 0 Å². The van der Waals surface area contributed by atoms with Crippen molar-refractivity contribution in [2.45, 2.75) is 12.8 Å². The Kier molecular flexibility index (Phi) is 4.19. The van der Waals surface area contributed by atoms with Gasteiger partial charge in [0.05, 0.1) is 17.0 Å². The Hall–Kier alpha value is -2.95. The fraction of sp³-hybridized carbons (Fsp3) is 0.400. The van der Waals surface area contributed by atoms with E-state index < -0.39 is 5.97 Å². The fourth-order valence-corrected chi connectivity index (χ4v) is 2.53. The van der Waals surface area contributed by atoms with E-state index in [-0.39, 0.29) is 19.1 Å². The van der Waals surface area contributed by atoms with Crippen LogP contribution in [0.3, 0.4) is 0 Å². The molecule has 1 aromatic rings. The summed E-state index contributed by atoms with van der Waals surface area (Å²) in [6.07, 6.45) is 6.86. The van der Waals surface area contributed by atoms with Crippen LogP contribution in [0.25, 0.3) is 5.70 Å². The number of hydrogen-bond donors (Lipinski definition) is 0. The number of esters is 1. The zero-order chi connectivity index (χ0) is 16.2. The first-order chi connectivity index (χ1) is 11.2. The lowest BCUT2D eigenvalue weighted by molar-refractivity contribution is -0.143. The summed E-state index contributed by atoms with van der Waals surface area (Å²) in [4.78, 5) is 29.7. The summed E-state index contributed by atoms with van der Waals surface area (Å²) in [5, 5.41) is 12.8. The van der Waals surface area contributed by atoms with Gasteiger partial charge >= 0.3 is 5.97 Å². The molecular formula is C15H15N5O3. The van der Waals surface area contributed by atoms with Gasteiger partial charge < -0.3 is 9.64 Å². The fourth-order valence-electron chi connectivity index (χ4n) is 2.53. The van der Waals surface area contributed by atoms with Gasteiger partial charge in [0.2, 0.25) is 0 Å². The second-order valence-electron chi connectivity index (χ2n) is 5.18. The molecule has 0 unspecified atom stereocenters. The Labute approximate surface area is 132 Å². The van der Waals surface area contributed by atoms with Gasteiger partial charge in [-0.3, -0.25) is 14.6 Å². The van der Waals surface area contributed by atoms with Crippen LogP contribution in [0.15, 0.2) is 17.3 Å². The Morgan fingerprint density at radius 2 is 2.35 bits per heavy atom. The molecule has 0 atom stereocenters.